The van der Waals surface area contributed by atoms with Crippen molar-refractivity contribution in [1.82, 2.24) is 4.68 Å². The number of benzene rings is 2. The van der Waals surface area contributed by atoms with Crippen LogP contribution in [0.25, 0.3) is 0 Å². The van der Waals surface area contributed by atoms with Gasteiger partial charge in [-0.1, -0.05) is 41.4 Å². The smallest absolute Gasteiger partial charge is 0.307 e. The summed E-state index contributed by atoms with van der Waals surface area (Å²) in [4.78, 5) is 4.70. The quantitative estimate of drug-likeness (QED) is 0.327. The molecule has 0 bridgehead atoms. The molecule has 8 nitrogen and oxygen atoms in total. The monoisotopic (exact) mass is 508 g/mol. The van der Waals surface area contributed by atoms with E-state index in [1.165, 1.54) is 11.4 Å². The number of hydrogen-bond donors (Lipinski definition) is 0. The molecule has 36 heavy (non-hydrogen) atoms. The van der Waals surface area contributed by atoms with Crippen LogP contribution in [0.4, 0.5) is 11.4 Å². The zero-order valence-electron chi connectivity index (χ0n) is 20.7. The largest absolute Gasteiger partial charge is 1.00 e. The maximum absolute atomic E-state index is 5.44. The molecule has 0 aliphatic carbocycles. The van der Waals surface area contributed by atoms with Gasteiger partial charge in [0.25, 0.3) is 0 Å². The Labute approximate surface area is 218 Å². The summed E-state index contributed by atoms with van der Waals surface area (Å²) in [5.41, 5.74) is 4.58. The van der Waals surface area contributed by atoms with Crippen molar-refractivity contribution in [3.63, 3.8) is 0 Å². The molecule has 3 heterocycles. The first kappa shape index (κ1) is 25.9. The zero-order chi connectivity index (χ0) is 23.9. The summed E-state index contributed by atoms with van der Waals surface area (Å²) in [6.07, 6.45) is 8.47. The van der Waals surface area contributed by atoms with Crippen LogP contribution in [0.5, 0.6) is 0 Å². The third kappa shape index (κ3) is 6.32. The molecular weight excluding hydrogens is 476 g/mol. The van der Waals surface area contributed by atoms with Crippen molar-refractivity contribution in [1.29, 1.82) is 0 Å². The van der Waals surface area contributed by atoms with E-state index in [0.29, 0.717) is 0 Å². The molecule has 0 N–H and O–H groups in total. The van der Waals surface area contributed by atoms with Gasteiger partial charge in [-0.05, 0) is 35.4 Å². The second kappa shape index (κ2) is 12.7. The van der Waals surface area contributed by atoms with Crippen LogP contribution in [0.2, 0.25) is 0 Å². The van der Waals surface area contributed by atoms with Crippen molar-refractivity contribution in [2.75, 3.05) is 62.4 Å². The standard InChI is InChI=1S/C27H33N6O2.ClH/c1-2-27-32(28-21-23-3-7-25(8-4-23)30-13-17-34-18-14-30)11-12-33(27)29-22-24-5-9-26(10-6-24)31-15-19-35-20-16-31;/h3-12,21-22H,2,13-20H2,1H3;1H/q+1;/p-1. The summed E-state index contributed by atoms with van der Waals surface area (Å²) in [7, 11) is 0. The molecule has 0 saturated carbocycles. The lowest BCUT2D eigenvalue weighted by Crippen LogP contribution is -3.00. The lowest BCUT2D eigenvalue weighted by Gasteiger charge is -2.28. The molecular formula is C27H33ClN6O2. The summed E-state index contributed by atoms with van der Waals surface area (Å²) in [6.45, 7) is 9.03. The summed E-state index contributed by atoms with van der Waals surface area (Å²) in [5, 5.41) is 9.35. The Kier molecular flexibility index (Phi) is 9.11. The second-order valence-corrected chi connectivity index (χ2v) is 8.63. The average Bonchev–Trinajstić information content (AvgIpc) is 3.34. The van der Waals surface area contributed by atoms with E-state index in [4.69, 9.17) is 9.47 Å². The molecule has 2 fully saturated rings. The zero-order valence-corrected chi connectivity index (χ0v) is 21.4. The summed E-state index contributed by atoms with van der Waals surface area (Å²) < 4.78 is 14.7. The minimum atomic E-state index is 0. The normalized spacial score (nSPS) is 16.6. The molecule has 9 heteroatoms. The van der Waals surface area contributed by atoms with Crippen LogP contribution in [0.1, 0.15) is 23.9 Å². The Morgan fingerprint density at radius 1 is 0.778 bits per heavy atom. The molecule has 2 aliphatic rings. The minimum Gasteiger partial charge on any atom is -1.00 e. The molecule has 0 unspecified atom stereocenters. The predicted molar refractivity (Wildman–Crippen MR) is 139 cm³/mol. The average molecular weight is 509 g/mol. The molecule has 0 amide bonds. The number of nitrogens with zero attached hydrogens (tertiary/aromatic N) is 6. The second-order valence-electron chi connectivity index (χ2n) is 8.63. The van der Waals surface area contributed by atoms with E-state index in [1.807, 2.05) is 34.2 Å². The molecule has 0 atom stereocenters. The first-order valence-corrected chi connectivity index (χ1v) is 12.4. The number of aromatic nitrogens is 2. The van der Waals surface area contributed by atoms with E-state index in [1.54, 1.807) is 0 Å². The van der Waals surface area contributed by atoms with Crippen molar-refractivity contribution in [3.05, 3.63) is 77.9 Å². The molecule has 2 aliphatic heterocycles. The Balaban J connectivity index is 0.00000304. The molecule has 190 valence electrons. The number of rotatable bonds is 7. The number of hydrogen-bond acceptors (Lipinski definition) is 6. The van der Waals surface area contributed by atoms with Crippen LogP contribution in [0.15, 0.2) is 71.1 Å². The van der Waals surface area contributed by atoms with Gasteiger partial charge in [0.15, 0.2) is 12.4 Å². The lowest BCUT2D eigenvalue weighted by atomic mass is 10.2. The SMILES string of the molecule is CCc1n(N=Cc2ccc(N3CCOCC3)cc2)cc[n+]1N=Cc1ccc(N2CCOCC2)cc1.[Cl-]. The fourth-order valence-electron chi connectivity index (χ4n) is 4.38. The van der Waals surface area contributed by atoms with E-state index in [-0.39, 0.29) is 12.4 Å². The van der Waals surface area contributed by atoms with Gasteiger partial charge in [-0.2, -0.15) is 0 Å². The molecule has 0 radical (unpaired) electrons. The van der Waals surface area contributed by atoms with Crippen molar-refractivity contribution in [3.8, 4) is 0 Å². The van der Waals surface area contributed by atoms with Crippen LogP contribution in [-0.4, -0.2) is 69.7 Å². The topological polar surface area (TPSA) is 58.5 Å². The highest BCUT2D eigenvalue weighted by molar-refractivity contribution is 5.80. The number of anilines is 2. The summed E-state index contributed by atoms with van der Waals surface area (Å²) in [6, 6.07) is 17.0. The molecule has 0 spiro atoms. The van der Waals surface area contributed by atoms with Gasteiger partial charge < -0.3 is 31.7 Å². The number of imidazole rings is 1. The van der Waals surface area contributed by atoms with Crippen molar-refractivity contribution in [2.24, 2.45) is 10.2 Å². The Morgan fingerprint density at radius 3 is 1.78 bits per heavy atom. The third-order valence-electron chi connectivity index (χ3n) is 6.40. The van der Waals surface area contributed by atoms with E-state index in [0.717, 1.165) is 76.0 Å². The number of ether oxygens (including phenoxy) is 2. The molecule has 3 aromatic rings. The van der Waals surface area contributed by atoms with Gasteiger partial charge in [-0.25, -0.2) is 0 Å². The first-order chi connectivity index (χ1) is 17.3. The molecule has 5 rings (SSSR count). The van der Waals surface area contributed by atoms with Crippen molar-refractivity contribution >= 4 is 23.8 Å². The van der Waals surface area contributed by atoms with Gasteiger partial charge in [-0.15, -0.1) is 9.35 Å². The Hall–Kier alpha value is -3.20. The highest BCUT2D eigenvalue weighted by atomic mass is 35.5. The van der Waals surface area contributed by atoms with Crippen molar-refractivity contribution in [2.45, 2.75) is 13.3 Å². The van der Waals surface area contributed by atoms with E-state index in [2.05, 4.69) is 75.5 Å². The van der Waals surface area contributed by atoms with Gasteiger partial charge in [0.05, 0.1) is 45.3 Å². The van der Waals surface area contributed by atoms with Gasteiger partial charge in [0, 0.05) is 37.6 Å². The lowest BCUT2D eigenvalue weighted by molar-refractivity contribution is -0.685. The third-order valence-corrected chi connectivity index (χ3v) is 6.40. The van der Waals surface area contributed by atoms with Crippen LogP contribution >= 0.6 is 0 Å². The highest BCUT2D eigenvalue weighted by Gasteiger charge is 2.15. The number of halogens is 1. The van der Waals surface area contributed by atoms with Crippen LogP contribution < -0.4 is 26.9 Å². The predicted octanol–water partition coefficient (Wildman–Crippen LogP) is -0.220. The Bertz CT molecular complexity index is 1060. The van der Waals surface area contributed by atoms with E-state index >= 15 is 0 Å². The minimum absolute atomic E-state index is 0. The fraction of sp³-hybridized carbons (Fsp3) is 0.370. The van der Waals surface area contributed by atoms with Crippen molar-refractivity contribution < 1.29 is 26.6 Å². The molecule has 1 aromatic heterocycles. The number of morpholine rings is 2. The maximum atomic E-state index is 5.44. The Morgan fingerprint density at radius 2 is 1.28 bits per heavy atom. The highest BCUT2D eigenvalue weighted by Crippen LogP contribution is 2.17. The maximum Gasteiger partial charge on any atom is 0.307 e. The fourth-order valence-corrected chi connectivity index (χ4v) is 4.38. The molecule has 2 saturated heterocycles. The van der Waals surface area contributed by atoms with Crippen LogP contribution in [-0.2, 0) is 15.9 Å². The van der Waals surface area contributed by atoms with E-state index in [9.17, 15) is 0 Å². The van der Waals surface area contributed by atoms with Gasteiger partial charge in [-0.3, -0.25) is 0 Å². The first-order valence-electron chi connectivity index (χ1n) is 12.4. The van der Waals surface area contributed by atoms with Gasteiger partial charge in [0.2, 0.25) is 0 Å². The molecule has 2 aromatic carbocycles. The van der Waals surface area contributed by atoms with Gasteiger partial charge >= 0.3 is 5.82 Å². The summed E-state index contributed by atoms with van der Waals surface area (Å²) in [5.74, 6) is 1.01. The van der Waals surface area contributed by atoms with Crippen LogP contribution in [0, 0.1) is 0 Å². The van der Waals surface area contributed by atoms with E-state index < -0.39 is 0 Å². The summed E-state index contributed by atoms with van der Waals surface area (Å²) >= 11 is 0. The van der Waals surface area contributed by atoms with Crippen LogP contribution in [0.3, 0.4) is 0 Å². The van der Waals surface area contributed by atoms with Gasteiger partial charge in [0.1, 0.15) is 0 Å².